The molecule has 0 saturated heterocycles. The van der Waals surface area contributed by atoms with E-state index in [1.165, 1.54) is 44.0 Å². The van der Waals surface area contributed by atoms with Crippen LogP contribution in [0.25, 0.3) is 22.3 Å². The molecule has 4 rings (SSSR count). The van der Waals surface area contributed by atoms with Crippen LogP contribution in [0.5, 0.6) is 0 Å². The molecule has 0 heterocycles. The molecule has 0 radical (unpaired) electrons. The van der Waals surface area contributed by atoms with Crippen molar-refractivity contribution in [1.29, 1.82) is 0 Å². The van der Waals surface area contributed by atoms with Crippen molar-refractivity contribution in [3.05, 3.63) is 108 Å². The molecule has 0 N–H and O–H groups in total. The van der Waals surface area contributed by atoms with Gasteiger partial charge in [-0.3, -0.25) is 0 Å². The molecule has 0 aliphatic heterocycles. The molecule has 0 spiro atoms. The van der Waals surface area contributed by atoms with Crippen LogP contribution in [-0.4, -0.2) is 20.6 Å². The molecule has 0 unspecified atom stereocenters. The van der Waals surface area contributed by atoms with Crippen molar-refractivity contribution >= 4 is 26.5 Å². The van der Waals surface area contributed by atoms with Crippen molar-refractivity contribution in [2.45, 2.75) is 118 Å². The Morgan fingerprint density at radius 3 is 0.800 bits per heavy atom. The third-order valence-corrected chi connectivity index (χ3v) is 15.0. The van der Waals surface area contributed by atoms with Crippen LogP contribution in [0.2, 0.25) is 0 Å². The van der Waals surface area contributed by atoms with Gasteiger partial charge in [0.25, 0.3) is 0 Å². The first kappa shape index (κ1) is 39.6. The fourth-order valence-corrected chi connectivity index (χ4v) is 15.3. The molecule has 0 aliphatic rings. The largest absolute Gasteiger partial charge is 0.0636 e. The molecule has 0 bridgehead atoms. The van der Waals surface area contributed by atoms with E-state index in [4.69, 9.17) is 0 Å². The first-order chi connectivity index (χ1) is 20.2. The van der Waals surface area contributed by atoms with E-state index < -0.39 is 0 Å². The van der Waals surface area contributed by atoms with Gasteiger partial charge in [0.2, 0.25) is 0 Å². The van der Waals surface area contributed by atoms with Crippen molar-refractivity contribution in [2.75, 3.05) is 0 Å². The number of hydrogen-bond donors (Lipinski definition) is 0. The summed E-state index contributed by atoms with van der Waals surface area (Å²) in [7, 11) is -0.589. The molecule has 0 aromatic heterocycles. The summed E-state index contributed by atoms with van der Waals surface area (Å²) in [6.07, 6.45) is 0. The maximum atomic E-state index is 2.39. The third-order valence-electron chi connectivity index (χ3n) is 7.84. The summed E-state index contributed by atoms with van der Waals surface area (Å²) in [4.78, 5) is 0. The summed E-state index contributed by atoms with van der Waals surface area (Å²) in [5, 5.41) is 4.20. The van der Waals surface area contributed by atoms with Crippen LogP contribution in [0.1, 0.15) is 94.2 Å². The molecule has 0 saturated carbocycles. The molecule has 0 fully saturated rings. The summed E-state index contributed by atoms with van der Waals surface area (Å²) in [5.41, 5.74) is 8.28. The van der Waals surface area contributed by atoms with E-state index in [1.807, 2.05) is 0 Å². The zero-order chi connectivity index (χ0) is 33.1. The van der Waals surface area contributed by atoms with Crippen molar-refractivity contribution in [2.24, 2.45) is 0 Å². The summed E-state index contributed by atoms with van der Waals surface area (Å²) < 4.78 is 0. The first-order valence-corrected chi connectivity index (χ1v) is 18.8. The number of benzene rings is 4. The van der Waals surface area contributed by atoms with E-state index in [0.29, 0.717) is 0 Å². The van der Waals surface area contributed by atoms with Crippen LogP contribution in [0.4, 0.5) is 0 Å². The molecule has 3 heteroatoms. The molecule has 4 aromatic carbocycles. The Hall–Kier alpha value is -1.60. The fourth-order valence-electron chi connectivity index (χ4n) is 7.00. The topological polar surface area (TPSA) is 0 Å². The maximum absolute atomic E-state index is 2.39. The summed E-state index contributed by atoms with van der Waals surface area (Å²) in [5.74, 6) is 0. The van der Waals surface area contributed by atoms with E-state index in [-0.39, 0.29) is 56.9 Å². The van der Waals surface area contributed by atoms with Crippen LogP contribution in [-0.2, 0) is 20.4 Å². The minimum atomic E-state index is -0.295. The SMILES string of the molecule is Cc1ccccc1-c1ccccc1P(C(C)(C)C)C(C)(C)C.Cc1ccccc1-c1ccccc1P(C(C)(C)C)C(C)(C)C.[Pd]. The number of aryl methyl sites for hydroxylation is 2. The van der Waals surface area contributed by atoms with Gasteiger partial charge in [-0.2, -0.15) is 0 Å². The van der Waals surface area contributed by atoms with Gasteiger partial charge >= 0.3 is 0 Å². The maximum Gasteiger partial charge on any atom is 0 e. The van der Waals surface area contributed by atoms with Crippen molar-refractivity contribution < 1.29 is 20.4 Å². The molecular formula is C42H58P2Pd. The molecule has 246 valence electrons. The van der Waals surface area contributed by atoms with Crippen LogP contribution in [0.15, 0.2) is 97.1 Å². The second-order valence-corrected chi connectivity index (χ2v) is 23.7. The van der Waals surface area contributed by atoms with E-state index in [2.05, 4.69) is 194 Å². The van der Waals surface area contributed by atoms with Gasteiger partial charge in [0.15, 0.2) is 0 Å². The van der Waals surface area contributed by atoms with E-state index in [0.717, 1.165) is 0 Å². The molecule has 0 atom stereocenters. The second kappa shape index (κ2) is 15.5. The average molecular weight is 731 g/mol. The molecule has 4 aromatic rings. The molecule has 0 nitrogen and oxygen atoms in total. The Balaban J connectivity index is 0.000000307. The normalized spacial score (nSPS) is 12.4. The van der Waals surface area contributed by atoms with E-state index in [1.54, 1.807) is 0 Å². The minimum absolute atomic E-state index is 0. The van der Waals surface area contributed by atoms with Crippen molar-refractivity contribution in [1.82, 2.24) is 0 Å². The molecule has 45 heavy (non-hydrogen) atoms. The van der Waals surface area contributed by atoms with Crippen LogP contribution in [0.3, 0.4) is 0 Å². The van der Waals surface area contributed by atoms with E-state index in [9.17, 15) is 0 Å². The number of rotatable bonds is 4. The first-order valence-electron chi connectivity index (χ1n) is 16.2. The Morgan fingerprint density at radius 1 is 0.333 bits per heavy atom. The van der Waals surface area contributed by atoms with Gasteiger partial charge in [0, 0.05) is 20.4 Å². The van der Waals surface area contributed by atoms with Gasteiger partial charge < -0.3 is 0 Å². The number of hydrogen-bond acceptors (Lipinski definition) is 0. The predicted octanol–water partition coefficient (Wildman–Crippen LogP) is 12.7. The Kier molecular flexibility index (Phi) is 13.7. The molecular weight excluding hydrogens is 673 g/mol. The second-order valence-electron chi connectivity index (χ2n) is 16.0. The van der Waals surface area contributed by atoms with Crippen molar-refractivity contribution in [3.8, 4) is 22.3 Å². The predicted molar refractivity (Wildman–Crippen MR) is 205 cm³/mol. The fraction of sp³-hybridized carbons (Fsp3) is 0.429. The molecule has 0 aliphatic carbocycles. The van der Waals surface area contributed by atoms with Gasteiger partial charge in [-0.1, -0.05) is 196 Å². The third kappa shape index (κ3) is 10.2. The van der Waals surface area contributed by atoms with Gasteiger partial charge in [0.05, 0.1) is 0 Å². The molecule has 0 amide bonds. The smallest absolute Gasteiger partial charge is 0 e. The van der Waals surface area contributed by atoms with Gasteiger partial charge in [-0.25, -0.2) is 0 Å². The van der Waals surface area contributed by atoms with E-state index >= 15 is 0 Å². The monoisotopic (exact) mass is 730 g/mol. The summed E-state index contributed by atoms with van der Waals surface area (Å²) in [6.45, 7) is 33.1. The van der Waals surface area contributed by atoms with Crippen LogP contribution in [0, 0.1) is 13.8 Å². The summed E-state index contributed by atoms with van der Waals surface area (Å²) in [6, 6.07) is 35.5. The summed E-state index contributed by atoms with van der Waals surface area (Å²) >= 11 is 0. The van der Waals surface area contributed by atoms with Gasteiger partial charge in [-0.05, 0) is 78.5 Å². The van der Waals surface area contributed by atoms with Crippen LogP contribution < -0.4 is 10.6 Å². The zero-order valence-corrected chi connectivity index (χ0v) is 33.8. The van der Waals surface area contributed by atoms with Gasteiger partial charge in [-0.15, -0.1) is 0 Å². The Bertz CT molecular complexity index is 1380. The standard InChI is InChI=1S/2C21H29P.Pd/c2*1-16-12-8-9-13-17(16)18-14-10-11-15-19(18)22(20(2,3)4)21(5,6)7;/h2*8-15H,1-7H3;. The Morgan fingerprint density at radius 2 is 0.556 bits per heavy atom. The van der Waals surface area contributed by atoms with Crippen LogP contribution >= 0.6 is 15.8 Å². The minimum Gasteiger partial charge on any atom is -0.0636 e. The quantitative estimate of drug-likeness (QED) is 0.145. The average Bonchev–Trinajstić information content (AvgIpc) is 2.87. The van der Waals surface area contributed by atoms with Crippen molar-refractivity contribution in [3.63, 3.8) is 0 Å². The Labute approximate surface area is 293 Å². The zero-order valence-electron chi connectivity index (χ0n) is 30.4. The van der Waals surface area contributed by atoms with Gasteiger partial charge in [0.1, 0.15) is 0 Å².